The molecule has 1 N–H and O–H groups in total. The lowest BCUT2D eigenvalue weighted by atomic mass is 9.94. The molecule has 0 radical (unpaired) electrons. The number of nitriles is 1. The van der Waals surface area contributed by atoms with Gasteiger partial charge < -0.3 is 5.11 Å². The zero-order chi connectivity index (χ0) is 16.4. The number of halogens is 2. The van der Waals surface area contributed by atoms with E-state index in [-0.39, 0.29) is 12.2 Å². The lowest BCUT2D eigenvalue weighted by Crippen LogP contribution is -1.94. The van der Waals surface area contributed by atoms with Crippen molar-refractivity contribution >= 4 is 22.9 Å². The molecule has 2 aromatic carbocycles. The zero-order valence-electron chi connectivity index (χ0n) is 11.8. The van der Waals surface area contributed by atoms with Crippen molar-refractivity contribution in [1.29, 1.82) is 5.26 Å². The van der Waals surface area contributed by atoms with Crippen molar-refractivity contribution in [1.82, 2.24) is 4.98 Å². The van der Waals surface area contributed by atoms with Crippen molar-refractivity contribution in [3.8, 4) is 27.6 Å². The lowest BCUT2D eigenvalue weighted by molar-refractivity contribution is 0.282. The number of aliphatic hydroxyl groups is 1. The van der Waals surface area contributed by atoms with Crippen LogP contribution in [0.1, 0.15) is 11.1 Å². The highest BCUT2D eigenvalue weighted by atomic mass is 35.5. The molecule has 0 amide bonds. The normalized spacial score (nSPS) is 10.5. The second-order valence-corrected chi connectivity index (χ2v) is 5.99. The number of hydrogen-bond acceptors (Lipinski definition) is 4. The van der Waals surface area contributed by atoms with Gasteiger partial charge in [-0.05, 0) is 28.8 Å². The van der Waals surface area contributed by atoms with Gasteiger partial charge in [0.05, 0.1) is 22.6 Å². The summed E-state index contributed by atoms with van der Waals surface area (Å²) < 4.78 is 14.0. The summed E-state index contributed by atoms with van der Waals surface area (Å²) in [6, 6.07) is 11.6. The Balaban J connectivity index is 2.27. The third-order valence-electron chi connectivity index (χ3n) is 3.47. The quantitative estimate of drug-likeness (QED) is 0.753. The van der Waals surface area contributed by atoms with Crippen molar-refractivity contribution in [3.05, 3.63) is 64.0 Å². The molecular weight excluding hydrogens is 335 g/mol. The van der Waals surface area contributed by atoms with Crippen LogP contribution in [0.5, 0.6) is 0 Å². The number of thiazole rings is 1. The van der Waals surface area contributed by atoms with Gasteiger partial charge in [0.1, 0.15) is 17.0 Å². The van der Waals surface area contributed by atoms with Crippen LogP contribution < -0.4 is 0 Å². The van der Waals surface area contributed by atoms with E-state index in [4.69, 9.17) is 16.9 Å². The molecule has 0 spiro atoms. The van der Waals surface area contributed by atoms with Crippen molar-refractivity contribution in [3.63, 3.8) is 0 Å². The minimum absolute atomic E-state index is 0.00978. The van der Waals surface area contributed by atoms with Gasteiger partial charge in [-0.1, -0.05) is 35.9 Å². The van der Waals surface area contributed by atoms with Gasteiger partial charge in [-0.2, -0.15) is 5.26 Å². The van der Waals surface area contributed by atoms with Gasteiger partial charge in [0.25, 0.3) is 0 Å². The molecule has 0 aliphatic heterocycles. The van der Waals surface area contributed by atoms with Crippen LogP contribution in [0.3, 0.4) is 0 Å². The molecule has 0 saturated carbocycles. The van der Waals surface area contributed by atoms with Crippen LogP contribution in [-0.2, 0) is 6.61 Å². The molecule has 0 unspecified atom stereocenters. The first-order chi connectivity index (χ1) is 11.2. The Hall–Kier alpha value is -2.26. The van der Waals surface area contributed by atoms with Crippen LogP contribution >= 0.6 is 22.9 Å². The maximum Gasteiger partial charge on any atom is 0.147 e. The Kier molecular flexibility index (Phi) is 4.39. The van der Waals surface area contributed by atoms with E-state index in [2.05, 4.69) is 4.98 Å². The molecule has 23 heavy (non-hydrogen) atoms. The molecule has 3 aromatic rings. The predicted molar refractivity (Wildman–Crippen MR) is 88.6 cm³/mol. The monoisotopic (exact) mass is 344 g/mol. The Labute approximate surface area is 141 Å². The number of rotatable bonds is 3. The summed E-state index contributed by atoms with van der Waals surface area (Å²) in [7, 11) is 0. The van der Waals surface area contributed by atoms with Gasteiger partial charge in [0, 0.05) is 5.56 Å². The Morgan fingerprint density at radius 2 is 2.13 bits per heavy atom. The van der Waals surface area contributed by atoms with Gasteiger partial charge in [-0.3, -0.25) is 0 Å². The van der Waals surface area contributed by atoms with E-state index < -0.39 is 5.82 Å². The highest BCUT2D eigenvalue weighted by Gasteiger charge is 2.17. The van der Waals surface area contributed by atoms with Crippen molar-refractivity contribution in [2.45, 2.75) is 6.61 Å². The van der Waals surface area contributed by atoms with E-state index >= 15 is 0 Å². The highest BCUT2D eigenvalue weighted by molar-refractivity contribution is 7.14. The van der Waals surface area contributed by atoms with Gasteiger partial charge in [-0.15, -0.1) is 11.3 Å². The van der Waals surface area contributed by atoms with Crippen LogP contribution in [0.2, 0.25) is 5.15 Å². The number of aromatic nitrogens is 1. The summed E-state index contributed by atoms with van der Waals surface area (Å²) in [6.45, 7) is -0.170. The average molecular weight is 345 g/mol. The summed E-state index contributed by atoms with van der Waals surface area (Å²) in [6.07, 6.45) is 0. The largest absolute Gasteiger partial charge is 0.392 e. The first-order valence-electron chi connectivity index (χ1n) is 6.68. The van der Waals surface area contributed by atoms with E-state index in [0.717, 1.165) is 16.0 Å². The Bertz CT molecular complexity index is 917. The Morgan fingerprint density at radius 3 is 2.74 bits per heavy atom. The fourth-order valence-corrected chi connectivity index (χ4v) is 3.52. The molecule has 0 saturated heterocycles. The molecule has 3 rings (SSSR count). The SMILES string of the molecule is N#Cc1ccc(-c2cccc(CO)c2-c2scnc2Cl)cc1F. The van der Waals surface area contributed by atoms with Gasteiger partial charge in [0.2, 0.25) is 0 Å². The zero-order valence-corrected chi connectivity index (χ0v) is 13.3. The van der Waals surface area contributed by atoms with E-state index in [0.29, 0.717) is 16.3 Å². The molecule has 0 atom stereocenters. The summed E-state index contributed by atoms with van der Waals surface area (Å²) in [5.74, 6) is -0.583. The smallest absolute Gasteiger partial charge is 0.147 e. The summed E-state index contributed by atoms with van der Waals surface area (Å²) in [4.78, 5) is 4.75. The third-order valence-corrected chi connectivity index (χ3v) is 4.72. The van der Waals surface area contributed by atoms with Crippen LogP contribution in [-0.4, -0.2) is 10.1 Å². The average Bonchev–Trinajstić information content (AvgIpc) is 2.99. The first kappa shape index (κ1) is 15.6. The number of benzene rings is 2. The maximum absolute atomic E-state index is 14.0. The van der Waals surface area contributed by atoms with Crippen LogP contribution in [0, 0.1) is 17.1 Å². The third kappa shape index (κ3) is 2.84. The molecule has 0 aliphatic rings. The first-order valence-corrected chi connectivity index (χ1v) is 7.93. The van der Waals surface area contributed by atoms with Gasteiger partial charge in [-0.25, -0.2) is 9.37 Å². The van der Waals surface area contributed by atoms with Crippen LogP contribution in [0.4, 0.5) is 4.39 Å². The topological polar surface area (TPSA) is 56.9 Å². The Morgan fingerprint density at radius 1 is 1.30 bits per heavy atom. The maximum atomic E-state index is 14.0. The minimum Gasteiger partial charge on any atom is -0.392 e. The van der Waals surface area contributed by atoms with Crippen molar-refractivity contribution < 1.29 is 9.50 Å². The fourth-order valence-electron chi connectivity index (χ4n) is 2.41. The minimum atomic E-state index is -0.583. The molecule has 1 aromatic heterocycles. The van der Waals surface area contributed by atoms with E-state index in [9.17, 15) is 9.50 Å². The van der Waals surface area contributed by atoms with Crippen LogP contribution in [0.25, 0.3) is 21.6 Å². The van der Waals surface area contributed by atoms with Gasteiger partial charge in [0.15, 0.2) is 0 Å². The summed E-state index contributed by atoms with van der Waals surface area (Å²) in [5.41, 5.74) is 4.35. The molecule has 0 aliphatic carbocycles. The highest BCUT2D eigenvalue weighted by Crippen LogP contribution is 2.40. The molecule has 1 heterocycles. The summed E-state index contributed by atoms with van der Waals surface area (Å²) >= 11 is 7.49. The van der Waals surface area contributed by atoms with E-state index in [1.807, 2.05) is 6.07 Å². The lowest BCUT2D eigenvalue weighted by Gasteiger charge is -2.13. The molecule has 3 nitrogen and oxygen atoms in total. The van der Waals surface area contributed by atoms with E-state index in [1.54, 1.807) is 29.8 Å². The second kappa shape index (κ2) is 6.47. The van der Waals surface area contributed by atoms with Crippen LogP contribution in [0.15, 0.2) is 41.9 Å². The molecule has 6 heteroatoms. The van der Waals surface area contributed by atoms with Gasteiger partial charge >= 0.3 is 0 Å². The summed E-state index contributed by atoms with van der Waals surface area (Å²) in [5, 5.41) is 18.8. The molecule has 114 valence electrons. The molecule has 0 fully saturated rings. The second-order valence-electron chi connectivity index (χ2n) is 4.78. The van der Waals surface area contributed by atoms with Crippen molar-refractivity contribution in [2.24, 2.45) is 0 Å². The predicted octanol–water partition coefficient (Wildman–Crippen LogP) is 4.63. The number of hydrogen-bond donors (Lipinski definition) is 1. The fraction of sp³-hybridized carbons (Fsp3) is 0.0588. The van der Waals surface area contributed by atoms with Crippen molar-refractivity contribution in [2.75, 3.05) is 0 Å². The van der Waals surface area contributed by atoms with E-state index in [1.165, 1.54) is 23.5 Å². The molecular formula is C17H10ClFN2OS. The number of aliphatic hydroxyl groups excluding tert-OH is 1. The number of nitrogens with zero attached hydrogens (tertiary/aromatic N) is 2. The molecule has 0 bridgehead atoms. The standard InChI is InChI=1S/C17H10ClFN2OS/c18-17-16(23-9-21-17)15-12(8-22)2-1-3-13(15)10-4-5-11(7-20)14(19)6-10/h1-6,9,22H,8H2.